The van der Waals surface area contributed by atoms with Gasteiger partial charge in [-0.15, -0.1) is 0 Å². The highest BCUT2D eigenvalue weighted by Crippen LogP contribution is 2.21. The molecule has 2 aromatic rings. The fourth-order valence-electron chi connectivity index (χ4n) is 1.95. The van der Waals surface area contributed by atoms with Crippen LogP contribution in [0.5, 0.6) is 0 Å². The largest absolute Gasteiger partial charge is 0.390 e. The third kappa shape index (κ3) is 4.42. The number of aliphatic hydroxyl groups is 2. The van der Waals surface area contributed by atoms with Crippen molar-refractivity contribution in [3.63, 3.8) is 0 Å². The zero-order chi connectivity index (χ0) is 15.2. The fourth-order valence-corrected chi connectivity index (χ4v) is 2.60. The van der Waals surface area contributed by atoms with Gasteiger partial charge in [-0.2, -0.15) is 5.10 Å². The van der Waals surface area contributed by atoms with Gasteiger partial charge >= 0.3 is 0 Å². The lowest BCUT2D eigenvalue weighted by atomic mass is 10.0. The van der Waals surface area contributed by atoms with Crippen LogP contribution in [0.2, 0.25) is 0 Å². The van der Waals surface area contributed by atoms with Gasteiger partial charge in [0.1, 0.15) is 6.10 Å². The van der Waals surface area contributed by atoms with E-state index in [1.54, 1.807) is 23.0 Å². The van der Waals surface area contributed by atoms with Crippen LogP contribution in [0.3, 0.4) is 0 Å². The van der Waals surface area contributed by atoms with Gasteiger partial charge in [-0.05, 0) is 30.2 Å². The first kappa shape index (κ1) is 15.8. The highest BCUT2D eigenvalue weighted by molar-refractivity contribution is 8.13. The number of aromatic nitrogens is 2. The van der Waals surface area contributed by atoms with E-state index >= 15 is 0 Å². The predicted octanol–water partition coefficient (Wildman–Crippen LogP) is 1.94. The van der Waals surface area contributed by atoms with Crippen molar-refractivity contribution in [3.05, 3.63) is 48.3 Å². The van der Waals surface area contributed by atoms with E-state index in [9.17, 15) is 15.0 Å². The molecule has 0 bridgehead atoms. The zero-order valence-electron chi connectivity index (χ0n) is 11.7. The van der Waals surface area contributed by atoms with Gasteiger partial charge in [0.25, 0.3) is 0 Å². The van der Waals surface area contributed by atoms with Gasteiger partial charge in [0, 0.05) is 25.1 Å². The number of hydrogen-bond donors (Lipinski definition) is 2. The molecule has 1 heterocycles. The van der Waals surface area contributed by atoms with Crippen molar-refractivity contribution in [3.8, 4) is 5.69 Å². The molecule has 2 rings (SSSR count). The summed E-state index contributed by atoms with van der Waals surface area (Å²) in [6.45, 7) is 1.49. The predicted molar refractivity (Wildman–Crippen MR) is 82.3 cm³/mol. The second kappa shape index (κ2) is 7.40. The van der Waals surface area contributed by atoms with Crippen molar-refractivity contribution >= 4 is 16.9 Å². The van der Waals surface area contributed by atoms with Crippen molar-refractivity contribution in [1.82, 2.24) is 9.78 Å². The van der Waals surface area contributed by atoms with Gasteiger partial charge in [-0.3, -0.25) is 4.79 Å². The third-order valence-electron chi connectivity index (χ3n) is 3.09. The monoisotopic (exact) mass is 306 g/mol. The average Bonchev–Trinajstić information content (AvgIpc) is 3.00. The Hall–Kier alpha value is -1.63. The summed E-state index contributed by atoms with van der Waals surface area (Å²) in [4.78, 5) is 10.8. The molecule has 2 N–H and O–H groups in total. The van der Waals surface area contributed by atoms with Crippen molar-refractivity contribution < 1.29 is 15.0 Å². The molecule has 0 aliphatic carbocycles. The van der Waals surface area contributed by atoms with Crippen LogP contribution in [0.1, 0.15) is 25.0 Å². The average molecular weight is 306 g/mol. The second-order valence-electron chi connectivity index (χ2n) is 4.68. The maximum absolute atomic E-state index is 10.8. The molecule has 5 nitrogen and oxygen atoms in total. The summed E-state index contributed by atoms with van der Waals surface area (Å²) in [5.74, 6) is 0.499. The van der Waals surface area contributed by atoms with Crippen LogP contribution in [-0.2, 0) is 4.79 Å². The normalized spacial score (nSPS) is 13.9. The molecule has 0 saturated carbocycles. The van der Waals surface area contributed by atoms with Gasteiger partial charge in [0.05, 0.1) is 11.8 Å². The number of benzene rings is 1. The standard InChI is InChI=1S/C15H18N2O3S/c1-11(18)21-10-7-14(19)15(20)12-3-5-13(6-4-12)17-9-2-8-16-17/h2-6,8-9,14-15,19-20H,7,10H2,1H3. The van der Waals surface area contributed by atoms with Crippen LogP contribution < -0.4 is 0 Å². The lowest BCUT2D eigenvalue weighted by Crippen LogP contribution is -2.19. The summed E-state index contributed by atoms with van der Waals surface area (Å²) in [6.07, 6.45) is 2.06. The van der Waals surface area contributed by atoms with Crippen LogP contribution in [0, 0.1) is 0 Å². The summed E-state index contributed by atoms with van der Waals surface area (Å²) in [5, 5.41) is 24.2. The summed E-state index contributed by atoms with van der Waals surface area (Å²) < 4.78 is 1.72. The highest BCUT2D eigenvalue weighted by Gasteiger charge is 2.18. The maximum atomic E-state index is 10.8. The molecule has 112 valence electrons. The van der Waals surface area contributed by atoms with Crippen LogP contribution >= 0.6 is 11.8 Å². The number of thioether (sulfide) groups is 1. The molecule has 0 saturated heterocycles. The van der Waals surface area contributed by atoms with Crippen LogP contribution in [0.15, 0.2) is 42.7 Å². The van der Waals surface area contributed by atoms with Crippen LogP contribution in [0.4, 0.5) is 0 Å². The van der Waals surface area contributed by atoms with Gasteiger partial charge in [0.2, 0.25) is 0 Å². The molecule has 2 unspecified atom stereocenters. The number of carbonyl (C=O) groups excluding carboxylic acids is 1. The molecule has 6 heteroatoms. The summed E-state index contributed by atoms with van der Waals surface area (Å²) in [7, 11) is 0. The SMILES string of the molecule is CC(=O)SCCC(O)C(O)c1ccc(-n2cccn2)cc1. The molecule has 1 aromatic heterocycles. The number of aliphatic hydroxyl groups excluding tert-OH is 2. The van der Waals surface area contributed by atoms with E-state index in [2.05, 4.69) is 5.10 Å². The zero-order valence-corrected chi connectivity index (χ0v) is 12.5. The molecule has 1 aromatic carbocycles. The van der Waals surface area contributed by atoms with E-state index in [0.29, 0.717) is 17.7 Å². The summed E-state index contributed by atoms with van der Waals surface area (Å²) >= 11 is 1.15. The smallest absolute Gasteiger partial charge is 0.185 e. The van der Waals surface area contributed by atoms with Gasteiger partial charge in [-0.1, -0.05) is 23.9 Å². The number of rotatable bonds is 6. The molecule has 0 aliphatic rings. The van der Waals surface area contributed by atoms with Gasteiger partial charge in [-0.25, -0.2) is 4.68 Å². The first-order chi connectivity index (χ1) is 10.1. The molecule has 0 spiro atoms. The Balaban J connectivity index is 1.96. The molecule has 2 atom stereocenters. The van der Waals surface area contributed by atoms with Gasteiger partial charge in [0.15, 0.2) is 5.12 Å². The minimum absolute atomic E-state index is 0.0141. The lowest BCUT2D eigenvalue weighted by Gasteiger charge is -2.18. The van der Waals surface area contributed by atoms with Crippen molar-refractivity contribution in [2.75, 3.05) is 5.75 Å². The Labute approximate surface area is 127 Å². The Morgan fingerprint density at radius 2 is 2.05 bits per heavy atom. The van der Waals surface area contributed by atoms with E-state index in [4.69, 9.17) is 0 Å². The second-order valence-corrected chi connectivity index (χ2v) is 5.95. The van der Waals surface area contributed by atoms with Crippen molar-refractivity contribution in [1.29, 1.82) is 0 Å². The quantitative estimate of drug-likeness (QED) is 0.853. The van der Waals surface area contributed by atoms with E-state index in [1.165, 1.54) is 6.92 Å². The van der Waals surface area contributed by atoms with Gasteiger partial charge < -0.3 is 10.2 Å². The molecule has 0 aliphatic heterocycles. The Morgan fingerprint density at radius 1 is 1.33 bits per heavy atom. The fraction of sp³-hybridized carbons (Fsp3) is 0.333. The summed E-state index contributed by atoms with van der Waals surface area (Å²) in [6, 6.07) is 9.04. The van der Waals surface area contributed by atoms with E-state index in [-0.39, 0.29) is 5.12 Å². The molecule has 0 radical (unpaired) electrons. The molecule has 21 heavy (non-hydrogen) atoms. The molecular weight excluding hydrogens is 288 g/mol. The topological polar surface area (TPSA) is 75.3 Å². The van der Waals surface area contributed by atoms with E-state index in [1.807, 2.05) is 24.4 Å². The Morgan fingerprint density at radius 3 is 2.62 bits per heavy atom. The third-order valence-corrected chi connectivity index (χ3v) is 3.93. The first-order valence-electron chi connectivity index (χ1n) is 6.67. The first-order valence-corrected chi connectivity index (χ1v) is 7.66. The number of hydrogen-bond acceptors (Lipinski definition) is 5. The van der Waals surface area contributed by atoms with Crippen LogP contribution in [0.25, 0.3) is 5.69 Å². The van der Waals surface area contributed by atoms with Crippen molar-refractivity contribution in [2.45, 2.75) is 25.6 Å². The minimum Gasteiger partial charge on any atom is -0.390 e. The number of nitrogens with zero attached hydrogens (tertiary/aromatic N) is 2. The number of carbonyl (C=O) groups is 1. The Bertz CT molecular complexity index is 569. The Kier molecular flexibility index (Phi) is 5.55. The maximum Gasteiger partial charge on any atom is 0.185 e. The lowest BCUT2D eigenvalue weighted by molar-refractivity contribution is -0.109. The molecule has 0 amide bonds. The van der Waals surface area contributed by atoms with E-state index in [0.717, 1.165) is 17.4 Å². The molecule has 0 fully saturated rings. The molecular formula is C15H18N2O3S. The highest BCUT2D eigenvalue weighted by atomic mass is 32.2. The van der Waals surface area contributed by atoms with Crippen molar-refractivity contribution in [2.24, 2.45) is 0 Å². The van der Waals surface area contributed by atoms with Crippen LogP contribution in [-0.4, -0.2) is 37.0 Å². The minimum atomic E-state index is -0.954. The summed E-state index contributed by atoms with van der Waals surface area (Å²) in [5.41, 5.74) is 1.53. The van der Waals surface area contributed by atoms with E-state index < -0.39 is 12.2 Å².